The van der Waals surface area contributed by atoms with Crippen LogP contribution < -0.4 is 15.5 Å². The van der Waals surface area contributed by atoms with Crippen molar-refractivity contribution >= 4 is 7.82 Å². The second-order valence-corrected chi connectivity index (χ2v) is 15.6. The highest BCUT2D eigenvalue weighted by atomic mass is 31.2. The van der Waals surface area contributed by atoms with E-state index in [2.05, 4.69) is 24.5 Å². The topological polar surface area (TPSA) is 82.7 Å². The standard InChI is InChI=1S/C36H78N3O4P/c1-6-8-10-12-14-16-18-20-22-24-26-28-30-37-34-36(43-44(40,41)42-33-32-39(3,4)5)35-38-31-29-27-25-23-21-19-17-15-13-11-9-7-2/h36-38H,6-35H2,1-5H3. The molecule has 2 N–H and O–H groups in total. The molecule has 0 aliphatic carbocycles. The molecule has 0 bridgehead atoms. The van der Waals surface area contributed by atoms with Gasteiger partial charge < -0.3 is 29.1 Å². The number of hydrogen-bond donors (Lipinski definition) is 2. The van der Waals surface area contributed by atoms with Crippen LogP contribution in [0.4, 0.5) is 0 Å². The van der Waals surface area contributed by atoms with Gasteiger partial charge in [0, 0.05) is 13.1 Å². The molecule has 0 aliphatic heterocycles. The molecule has 0 radical (unpaired) electrons. The predicted molar refractivity (Wildman–Crippen MR) is 189 cm³/mol. The van der Waals surface area contributed by atoms with Gasteiger partial charge in [0.25, 0.3) is 7.82 Å². The van der Waals surface area contributed by atoms with Gasteiger partial charge >= 0.3 is 0 Å². The lowest BCUT2D eigenvalue weighted by Gasteiger charge is -2.30. The van der Waals surface area contributed by atoms with Gasteiger partial charge in [0.15, 0.2) is 0 Å². The van der Waals surface area contributed by atoms with E-state index in [-0.39, 0.29) is 6.61 Å². The molecule has 0 aromatic carbocycles. The maximum absolute atomic E-state index is 12.5. The molecule has 0 rings (SSSR count). The minimum absolute atomic E-state index is 0.134. The third-order valence-corrected chi connectivity index (χ3v) is 9.50. The number of unbranched alkanes of at least 4 members (excludes halogenated alkanes) is 22. The number of phosphoric ester groups is 1. The number of quaternary nitrogens is 1. The van der Waals surface area contributed by atoms with E-state index in [0.29, 0.717) is 24.1 Å². The third kappa shape index (κ3) is 34.9. The van der Waals surface area contributed by atoms with Crippen molar-refractivity contribution in [3.8, 4) is 0 Å². The van der Waals surface area contributed by atoms with Gasteiger partial charge in [-0.3, -0.25) is 4.57 Å². The Morgan fingerprint density at radius 2 is 0.886 bits per heavy atom. The van der Waals surface area contributed by atoms with Crippen molar-refractivity contribution in [1.29, 1.82) is 0 Å². The van der Waals surface area contributed by atoms with E-state index in [4.69, 9.17) is 9.05 Å². The van der Waals surface area contributed by atoms with Crippen molar-refractivity contribution < 1.29 is 23.0 Å². The Balaban J connectivity index is 4.11. The second-order valence-electron chi connectivity index (χ2n) is 14.2. The molecule has 0 spiro atoms. The van der Waals surface area contributed by atoms with E-state index in [9.17, 15) is 9.46 Å². The highest BCUT2D eigenvalue weighted by molar-refractivity contribution is 7.45. The molecule has 0 aromatic heterocycles. The zero-order chi connectivity index (χ0) is 32.6. The summed E-state index contributed by atoms with van der Waals surface area (Å²) in [5.74, 6) is 0. The highest BCUT2D eigenvalue weighted by Crippen LogP contribution is 2.39. The Hall–Kier alpha value is -0.0100. The maximum atomic E-state index is 12.5. The Bertz CT molecular complexity index is 601. The van der Waals surface area contributed by atoms with Gasteiger partial charge in [0.05, 0.1) is 27.2 Å². The third-order valence-electron chi connectivity index (χ3n) is 8.45. The van der Waals surface area contributed by atoms with Crippen LogP contribution in [-0.4, -0.2) is 71.1 Å². The first kappa shape index (κ1) is 44.0. The summed E-state index contributed by atoms with van der Waals surface area (Å²) >= 11 is 0. The molecule has 0 fully saturated rings. The van der Waals surface area contributed by atoms with Gasteiger partial charge in [-0.15, -0.1) is 0 Å². The Labute approximate surface area is 275 Å². The zero-order valence-electron chi connectivity index (χ0n) is 30.3. The van der Waals surface area contributed by atoms with Crippen molar-refractivity contribution in [1.82, 2.24) is 10.6 Å². The minimum Gasteiger partial charge on any atom is -0.756 e. The molecule has 0 aromatic rings. The largest absolute Gasteiger partial charge is 0.756 e. The van der Waals surface area contributed by atoms with E-state index in [1.165, 1.54) is 141 Å². The first-order valence-electron chi connectivity index (χ1n) is 19.1. The summed E-state index contributed by atoms with van der Waals surface area (Å²) < 4.78 is 23.9. The van der Waals surface area contributed by atoms with Crippen LogP contribution in [0.25, 0.3) is 0 Å². The maximum Gasteiger partial charge on any atom is 0.268 e. The number of nitrogens with zero attached hydrogens (tertiary/aromatic N) is 1. The van der Waals surface area contributed by atoms with E-state index < -0.39 is 13.9 Å². The summed E-state index contributed by atoms with van der Waals surface area (Å²) in [5.41, 5.74) is 0. The normalized spacial score (nSPS) is 13.6. The Morgan fingerprint density at radius 1 is 0.568 bits per heavy atom. The molecule has 7 nitrogen and oxygen atoms in total. The van der Waals surface area contributed by atoms with Gasteiger partial charge in [0.2, 0.25) is 0 Å². The van der Waals surface area contributed by atoms with Crippen LogP contribution in [0.2, 0.25) is 0 Å². The molecular formula is C36H78N3O4P. The summed E-state index contributed by atoms with van der Waals surface area (Å²) in [4.78, 5) is 12.5. The van der Waals surface area contributed by atoms with Gasteiger partial charge in [-0.2, -0.15) is 0 Å². The summed E-state index contributed by atoms with van der Waals surface area (Å²) in [5, 5.41) is 6.88. The molecule has 0 amide bonds. The lowest BCUT2D eigenvalue weighted by molar-refractivity contribution is -0.870. The first-order chi connectivity index (χ1) is 21.2. The average molecular weight is 648 g/mol. The van der Waals surface area contributed by atoms with Crippen LogP contribution in [0.3, 0.4) is 0 Å². The average Bonchev–Trinajstić information content (AvgIpc) is 2.96. The summed E-state index contributed by atoms with van der Waals surface area (Å²) in [6.45, 7) is 8.08. The molecule has 1 atom stereocenters. The zero-order valence-corrected chi connectivity index (χ0v) is 31.2. The van der Waals surface area contributed by atoms with Crippen molar-refractivity contribution in [3.63, 3.8) is 0 Å². The predicted octanol–water partition coefficient (Wildman–Crippen LogP) is 9.14. The van der Waals surface area contributed by atoms with E-state index >= 15 is 0 Å². The highest BCUT2D eigenvalue weighted by Gasteiger charge is 2.19. The molecule has 0 heterocycles. The van der Waals surface area contributed by atoms with Crippen LogP contribution in [-0.2, 0) is 13.6 Å². The number of nitrogens with one attached hydrogen (secondary N) is 2. The molecule has 266 valence electrons. The van der Waals surface area contributed by atoms with Crippen molar-refractivity contribution in [2.45, 2.75) is 174 Å². The number of likely N-dealkylation sites (N-methyl/N-ethyl adjacent to an activating group) is 1. The number of hydrogen-bond acceptors (Lipinski definition) is 6. The molecular weight excluding hydrogens is 569 g/mol. The first-order valence-corrected chi connectivity index (χ1v) is 20.5. The minimum atomic E-state index is -4.35. The molecule has 8 heteroatoms. The van der Waals surface area contributed by atoms with Crippen molar-refractivity contribution in [2.24, 2.45) is 0 Å². The fourth-order valence-corrected chi connectivity index (χ4v) is 6.37. The Kier molecular flexibility index (Phi) is 31.6. The summed E-state index contributed by atoms with van der Waals surface area (Å²) in [7, 11) is 1.70. The van der Waals surface area contributed by atoms with Gasteiger partial charge in [-0.05, 0) is 25.9 Å². The fourth-order valence-electron chi connectivity index (χ4n) is 5.49. The molecule has 0 aliphatic rings. The summed E-state index contributed by atoms with van der Waals surface area (Å²) in [6.07, 6.45) is 31.5. The number of phosphoric acid groups is 1. The van der Waals surface area contributed by atoms with E-state index in [1.54, 1.807) is 0 Å². The quantitative estimate of drug-likeness (QED) is 0.0401. The molecule has 0 saturated heterocycles. The van der Waals surface area contributed by atoms with Gasteiger partial charge in [-0.25, -0.2) is 0 Å². The van der Waals surface area contributed by atoms with Crippen molar-refractivity contribution in [3.05, 3.63) is 0 Å². The molecule has 44 heavy (non-hydrogen) atoms. The lowest BCUT2D eigenvalue weighted by atomic mass is 10.1. The smallest absolute Gasteiger partial charge is 0.268 e. The SMILES string of the molecule is CCCCCCCCCCCCCCNCC(CNCCCCCCCCCCCCCC)OP(=O)([O-])OCC[N+](C)(C)C. The second kappa shape index (κ2) is 31.6. The van der Waals surface area contributed by atoms with E-state index in [0.717, 1.165) is 25.9 Å². The summed E-state index contributed by atoms with van der Waals surface area (Å²) in [6, 6.07) is 0. The van der Waals surface area contributed by atoms with Crippen LogP contribution in [0.1, 0.15) is 168 Å². The van der Waals surface area contributed by atoms with Crippen LogP contribution in [0.15, 0.2) is 0 Å². The van der Waals surface area contributed by atoms with Crippen molar-refractivity contribution in [2.75, 3.05) is 60.5 Å². The van der Waals surface area contributed by atoms with Gasteiger partial charge in [0.1, 0.15) is 13.2 Å². The van der Waals surface area contributed by atoms with Crippen LogP contribution in [0.5, 0.6) is 0 Å². The fraction of sp³-hybridized carbons (Fsp3) is 1.00. The Morgan fingerprint density at radius 3 is 1.20 bits per heavy atom. The van der Waals surface area contributed by atoms with Crippen LogP contribution in [0, 0.1) is 0 Å². The number of rotatable bonds is 36. The lowest BCUT2D eigenvalue weighted by Crippen LogP contribution is -2.39. The monoisotopic (exact) mass is 648 g/mol. The van der Waals surface area contributed by atoms with E-state index in [1.807, 2.05) is 21.1 Å². The van der Waals surface area contributed by atoms with Gasteiger partial charge in [-0.1, -0.05) is 155 Å². The molecule has 0 saturated carbocycles. The van der Waals surface area contributed by atoms with Crippen LogP contribution >= 0.6 is 7.82 Å². The molecule has 1 unspecified atom stereocenters.